The van der Waals surface area contributed by atoms with Crippen molar-refractivity contribution in [1.29, 1.82) is 0 Å². The highest BCUT2D eigenvalue weighted by molar-refractivity contribution is 5.86. The van der Waals surface area contributed by atoms with Gasteiger partial charge in [-0.25, -0.2) is 0 Å². The van der Waals surface area contributed by atoms with Gasteiger partial charge in [0, 0.05) is 30.4 Å². The summed E-state index contributed by atoms with van der Waals surface area (Å²) in [6, 6.07) is 7.14. The van der Waals surface area contributed by atoms with Gasteiger partial charge in [-0.05, 0) is 18.2 Å². The summed E-state index contributed by atoms with van der Waals surface area (Å²) in [4.78, 5) is 4.03. The number of pyridine rings is 1. The lowest BCUT2D eigenvalue weighted by atomic mass is 10.1. The van der Waals surface area contributed by atoms with Crippen LogP contribution in [0.25, 0.3) is 0 Å². The van der Waals surface area contributed by atoms with E-state index in [0.29, 0.717) is 0 Å². The maximum Gasteiger partial charge on any atom is 0.166 e. The van der Waals surface area contributed by atoms with E-state index in [9.17, 15) is 0 Å². The van der Waals surface area contributed by atoms with E-state index in [-0.39, 0.29) is 11.9 Å². The highest BCUT2D eigenvalue weighted by Crippen LogP contribution is 2.17. The van der Waals surface area contributed by atoms with Gasteiger partial charge in [0.2, 0.25) is 0 Å². The monoisotopic (exact) mass is 216 g/mol. The van der Waals surface area contributed by atoms with Crippen molar-refractivity contribution in [3.63, 3.8) is 0 Å². The molecule has 0 bridgehead atoms. The Kier molecular flexibility index (Phi) is 2.86. The molecule has 0 spiro atoms. The van der Waals surface area contributed by atoms with E-state index in [1.807, 2.05) is 41.2 Å². The summed E-state index contributed by atoms with van der Waals surface area (Å²) in [6.45, 7) is 0. The van der Waals surface area contributed by atoms with E-state index in [0.717, 1.165) is 5.56 Å². The Morgan fingerprint density at radius 3 is 2.69 bits per heavy atom. The van der Waals surface area contributed by atoms with Gasteiger partial charge in [0.05, 0.1) is 0 Å². The zero-order valence-electron chi connectivity index (χ0n) is 8.56. The summed E-state index contributed by atoms with van der Waals surface area (Å²) in [5.41, 5.74) is 6.56. The van der Waals surface area contributed by atoms with Crippen LogP contribution in [0.2, 0.25) is 0 Å². The third-order valence-electron chi connectivity index (χ3n) is 2.32. The van der Waals surface area contributed by atoms with Gasteiger partial charge >= 0.3 is 0 Å². The van der Waals surface area contributed by atoms with E-state index >= 15 is 0 Å². The van der Waals surface area contributed by atoms with Crippen LogP contribution in [0.4, 0.5) is 0 Å². The van der Waals surface area contributed by atoms with Crippen molar-refractivity contribution in [2.24, 2.45) is 10.9 Å². The largest absolute Gasteiger partial charge is 0.409 e. The fourth-order valence-corrected chi connectivity index (χ4v) is 1.61. The Hall–Kier alpha value is -2.30. The number of nitrogens with zero attached hydrogens (tertiary/aromatic N) is 3. The van der Waals surface area contributed by atoms with Gasteiger partial charge in [-0.2, -0.15) is 0 Å². The lowest BCUT2D eigenvalue weighted by Crippen LogP contribution is -2.27. The number of nitrogens with two attached hydrogens (primary N) is 1. The van der Waals surface area contributed by atoms with Gasteiger partial charge in [0.15, 0.2) is 5.84 Å². The third-order valence-corrected chi connectivity index (χ3v) is 2.32. The first kappa shape index (κ1) is 10.2. The molecule has 0 aliphatic heterocycles. The molecule has 0 unspecified atom stereocenters. The summed E-state index contributed by atoms with van der Waals surface area (Å²) < 4.78 is 1.85. The molecule has 82 valence electrons. The highest BCUT2D eigenvalue weighted by atomic mass is 16.4. The predicted octanol–water partition coefficient (Wildman–Crippen LogP) is 1.22. The van der Waals surface area contributed by atoms with Crippen LogP contribution in [0.3, 0.4) is 0 Å². The Balaban J connectivity index is 2.45. The van der Waals surface area contributed by atoms with Crippen molar-refractivity contribution < 1.29 is 5.21 Å². The smallest absolute Gasteiger partial charge is 0.166 e. The number of oxime groups is 1. The lowest BCUT2D eigenvalue weighted by Gasteiger charge is -2.17. The molecule has 0 amide bonds. The summed E-state index contributed by atoms with van der Waals surface area (Å²) in [5.74, 6) is 0.129. The first-order valence-corrected chi connectivity index (χ1v) is 4.82. The summed E-state index contributed by atoms with van der Waals surface area (Å²) >= 11 is 0. The zero-order chi connectivity index (χ0) is 11.4. The predicted molar refractivity (Wildman–Crippen MR) is 60.2 cm³/mol. The molecule has 0 saturated carbocycles. The van der Waals surface area contributed by atoms with E-state index in [2.05, 4.69) is 10.1 Å². The fraction of sp³-hybridized carbons (Fsp3) is 0.0909. The average molecular weight is 216 g/mol. The maximum absolute atomic E-state index is 8.79. The molecular formula is C11H12N4O. The van der Waals surface area contributed by atoms with Crippen molar-refractivity contribution in [1.82, 2.24) is 9.55 Å². The normalized spacial score (nSPS) is 13.6. The Bertz CT molecular complexity index is 464. The van der Waals surface area contributed by atoms with Gasteiger partial charge in [0.25, 0.3) is 0 Å². The minimum absolute atomic E-state index is 0.129. The van der Waals surface area contributed by atoms with Crippen LogP contribution in [0.15, 0.2) is 54.2 Å². The quantitative estimate of drug-likeness (QED) is 0.350. The molecule has 3 N–H and O–H groups in total. The summed E-state index contributed by atoms with van der Waals surface area (Å²) in [5, 5.41) is 11.9. The van der Waals surface area contributed by atoms with Crippen molar-refractivity contribution in [2.75, 3.05) is 0 Å². The SMILES string of the molecule is NC(=NO)[C@@H](c1cccnc1)n1cccc1. The average Bonchev–Trinajstić information content (AvgIpc) is 2.84. The second-order valence-electron chi connectivity index (χ2n) is 3.34. The number of rotatable bonds is 3. The molecule has 2 aromatic heterocycles. The molecular weight excluding hydrogens is 204 g/mol. The maximum atomic E-state index is 8.79. The minimum Gasteiger partial charge on any atom is -0.409 e. The Morgan fingerprint density at radius 1 is 1.38 bits per heavy atom. The molecule has 0 saturated heterocycles. The topological polar surface area (TPSA) is 76.4 Å². The van der Waals surface area contributed by atoms with Crippen LogP contribution in [-0.4, -0.2) is 20.6 Å². The van der Waals surface area contributed by atoms with Crippen molar-refractivity contribution >= 4 is 5.84 Å². The fourth-order valence-electron chi connectivity index (χ4n) is 1.61. The second kappa shape index (κ2) is 4.48. The van der Waals surface area contributed by atoms with Gasteiger partial charge in [-0.3, -0.25) is 4.98 Å². The van der Waals surface area contributed by atoms with Crippen LogP contribution in [0, 0.1) is 0 Å². The van der Waals surface area contributed by atoms with Crippen molar-refractivity contribution in [3.05, 3.63) is 54.6 Å². The van der Waals surface area contributed by atoms with E-state index in [1.54, 1.807) is 12.4 Å². The molecule has 2 rings (SSSR count). The van der Waals surface area contributed by atoms with Crippen LogP contribution < -0.4 is 5.73 Å². The summed E-state index contributed by atoms with van der Waals surface area (Å²) in [6.07, 6.45) is 7.09. The standard InChI is InChI=1S/C11H12N4O/c12-11(14-16)10(15-6-1-2-7-15)9-4-3-5-13-8-9/h1-8,10,16H,(H2,12,14)/t10-/m1/s1. The Labute approximate surface area is 92.8 Å². The first-order chi connectivity index (χ1) is 7.83. The molecule has 16 heavy (non-hydrogen) atoms. The molecule has 0 aliphatic rings. The van der Waals surface area contributed by atoms with Crippen LogP contribution in [0.1, 0.15) is 11.6 Å². The molecule has 0 radical (unpaired) electrons. The molecule has 0 aliphatic carbocycles. The van der Waals surface area contributed by atoms with E-state index in [1.165, 1.54) is 0 Å². The van der Waals surface area contributed by atoms with Crippen LogP contribution >= 0.6 is 0 Å². The van der Waals surface area contributed by atoms with Crippen LogP contribution in [0.5, 0.6) is 0 Å². The number of aromatic nitrogens is 2. The second-order valence-corrected chi connectivity index (χ2v) is 3.34. The number of hydrogen-bond acceptors (Lipinski definition) is 3. The van der Waals surface area contributed by atoms with Crippen molar-refractivity contribution in [3.8, 4) is 0 Å². The molecule has 0 fully saturated rings. The van der Waals surface area contributed by atoms with E-state index < -0.39 is 0 Å². The highest BCUT2D eigenvalue weighted by Gasteiger charge is 2.17. The molecule has 0 aromatic carbocycles. The first-order valence-electron chi connectivity index (χ1n) is 4.82. The van der Waals surface area contributed by atoms with Crippen LogP contribution in [-0.2, 0) is 0 Å². The lowest BCUT2D eigenvalue weighted by molar-refractivity contribution is 0.315. The molecule has 5 nitrogen and oxygen atoms in total. The Morgan fingerprint density at radius 2 is 2.12 bits per heavy atom. The molecule has 2 heterocycles. The molecule has 5 heteroatoms. The van der Waals surface area contributed by atoms with Gasteiger partial charge in [-0.1, -0.05) is 11.2 Å². The molecule has 2 aromatic rings. The van der Waals surface area contributed by atoms with Gasteiger partial charge in [-0.15, -0.1) is 0 Å². The number of hydrogen-bond donors (Lipinski definition) is 2. The van der Waals surface area contributed by atoms with Gasteiger partial charge in [0.1, 0.15) is 6.04 Å². The molecule has 1 atom stereocenters. The van der Waals surface area contributed by atoms with E-state index in [4.69, 9.17) is 10.9 Å². The minimum atomic E-state index is -0.325. The number of amidine groups is 1. The third kappa shape index (κ3) is 1.88. The van der Waals surface area contributed by atoms with Gasteiger partial charge < -0.3 is 15.5 Å². The van der Waals surface area contributed by atoms with Crippen molar-refractivity contribution in [2.45, 2.75) is 6.04 Å². The summed E-state index contributed by atoms with van der Waals surface area (Å²) in [7, 11) is 0. The zero-order valence-corrected chi connectivity index (χ0v) is 8.56.